The summed E-state index contributed by atoms with van der Waals surface area (Å²) in [7, 11) is 0. The van der Waals surface area contributed by atoms with Crippen LogP contribution in [0.15, 0.2) is 41.5 Å². The van der Waals surface area contributed by atoms with E-state index in [1.54, 1.807) is 0 Å². The molecule has 0 aromatic heterocycles. The van der Waals surface area contributed by atoms with Gasteiger partial charge in [0.2, 0.25) is 0 Å². The van der Waals surface area contributed by atoms with Crippen LogP contribution in [0, 0.1) is 21.7 Å². The average Bonchev–Trinajstić information content (AvgIpc) is 2.96. The van der Waals surface area contributed by atoms with Crippen molar-refractivity contribution in [3.8, 4) is 0 Å². The lowest BCUT2D eigenvalue weighted by Crippen LogP contribution is -2.33. The second-order valence-electron chi connectivity index (χ2n) is 8.60. The molecule has 0 amide bonds. The van der Waals surface area contributed by atoms with Crippen molar-refractivity contribution in [1.82, 2.24) is 0 Å². The van der Waals surface area contributed by atoms with Gasteiger partial charge < -0.3 is 20.4 Å². The van der Waals surface area contributed by atoms with Crippen LogP contribution in [0.1, 0.15) is 56.8 Å². The van der Waals surface area contributed by atoms with E-state index in [0.29, 0.717) is 12.3 Å². The van der Waals surface area contributed by atoms with E-state index in [0.717, 1.165) is 43.0 Å². The van der Waals surface area contributed by atoms with Crippen molar-refractivity contribution in [2.75, 3.05) is 10.5 Å². The van der Waals surface area contributed by atoms with E-state index in [2.05, 4.69) is 13.5 Å². The van der Waals surface area contributed by atoms with Gasteiger partial charge >= 0.3 is 5.97 Å². The zero-order chi connectivity index (χ0) is 21.5. The maximum absolute atomic E-state index is 12.8. The van der Waals surface area contributed by atoms with Crippen molar-refractivity contribution in [2.24, 2.45) is 11.3 Å². The summed E-state index contributed by atoms with van der Waals surface area (Å²) in [4.78, 5) is 12.8. The molecule has 2 aliphatic carbocycles. The number of anilines is 2. The molecule has 0 aliphatic heterocycles. The molecule has 0 unspecified atom stereocenters. The molecule has 8 nitrogen and oxygen atoms in total. The van der Waals surface area contributed by atoms with Crippen LogP contribution in [0.25, 0.3) is 0 Å². The first-order valence-electron chi connectivity index (χ1n) is 9.54. The number of carbonyl (C=O) groups is 1. The van der Waals surface area contributed by atoms with Crippen LogP contribution in [-0.4, -0.2) is 22.5 Å². The van der Waals surface area contributed by atoms with E-state index in [9.17, 15) is 25.6 Å². The Kier molecular flexibility index (Phi) is 5.73. The zero-order valence-electron chi connectivity index (χ0n) is 16.8. The Hall–Kier alpha value is -2.39. The fourth-order valence-electron chi connectivity index (χ4n) is 4.31. The molecule has 2 aliphatic rings. The first-order chi connectivity index (χ1) is 13.5. The molecule has 1 saturated carbocycles. The second kappa shape index (κ2) is 7.79. The lowest BCUT2D eigenvalue weighted by atomic mass is 9.80. The summed E-state index contributed by atoms with van der Waals surface area (Å²) in [5.74, 6) is -0.430. The molecule has 8 heteroatoms. The quantitative estimate of drug-likeness (QED) is 0.422. The maximum atomic E-state index is 12.8. The molecule has 0 spiro atoms. The number of ether oxygens (including phenoxy) is 1. The van der Waals surface area contributed by atoms with E-state index in [1.165, 1.54) is 11.1 Å². The van der Waals surface area contributed by atoms with Gasteiger partial charge in [-0.1, -0.05) is 37.1 Å². The van der Waals surface area contributed by atoms with Crippen LogP contribution >= 0.6 is 0 Å². The summed E-state index contributed by atoms with van der Waals surface area (Å²) in [6.45, 7) is 10.5. The van der Waals surface area contributed by atoms with Gasteiger partial charge in [-0.15, -0.1) is 5.23 Å². The van der Waals surface area contributed by atoms with E-state index in [1.807, 2.05) is 13.8 Å². The van der Waals surface area contributed by atoms with Gasteiger partial charge in [0.25, 0.3) is 0 Å². The van der Waals surface area contributed by atoms with Gasteiger partial charge in [0.05, 0.1) is 11.3 Å². The number of benzene rings is 1. The van der Waals surface area contributed by atoms with Gasteiger partial charge in [0, 0.05) is 23.4 Å². The Morgan fingerprint density at radius 3 is 2.52 bits per heavy atom. The minimum atomic E-state index is -0.750. The Morgan fingerprint density at radius 2 is 1.90 bits per heavy atom. The summed E-state index contributed by atoms with van der Waals surface area (Å²) >= 11 is 0. The number of esters is 1. The van der Waals surface area contributed by atoms with Gasteiger partial charge in [0.1, 0.15) is 6.10 Å². The number of hydrogen-bond donors (Lipinski definition) is 2. The first-order valence-corrected chi connectivity index (χ1v) is 9.54. The smallest absolute Gasteiger partial charge is 0.338 e. The van der Waals surface area contributed by atoms with E-state index < -0.39 is 23.0 Å². The number of fused-ring (bicyclic) bond motifs is 1. The standard InChI is InChI=1S/C21H26N2O6/c1-12-5-6-17-13(2)7-19(21(3,4)11-18(12)17)29-20(24)14-8-15(22(25)26)10-16(9-14)23(27)28/h8-10,17,19,25-26H,2,5-7,11H2,1,3-4H3/q-2/t17-,19-/m0/s1. The predicted octanol–water partition coefficient (Wildman–Crippen LogP) is 4.70. The normalized spacial score (nSPS) is 23.5. The summed E-state index contributed by atoms with van der Waals surface area (Å²) in [5, 5.41) is 39.7. The highest BCUT2D eigenvalue weighted by molar-refractivity contribution is 5.92. The third kappa shape index (κ3) is 4.30. The minimum absolute atomic E-state index is 0.122. The van der Waals surface area contributed by atoms with Gasteiger partial charge in [0.15, 0.2) is 0 Å². The molecule has 3 rings (SSSR count). The Morgan fingerprint density at radius 1 is 1.24 bits per heavy atom. The maximum Gasteiger partial charge on any atom is 0.338 e. The first kappa shape index (κ1) is 21.3. The molecule has 2 atom stereocenters. The predicted molar refractivity (Wildman–Crippen MR) is 108 cm³/mol. The monoisotopic (exact) mass is 402 g/mol. The molecule has 2 N–H and O–H groups in total. The van der Waals surface area contributed by atoms with Crippen LogP contribution < -0.4 is 10.5 Å². The van der Waals surface area contributed by atoms with Crippen LogP contribution in [0.4, 0.5) is 11.4 Å². The number of carbonyl (C=O) groups excluding carboxylic acids is 1. The lowest BCUT2D eigenvalue weighted by Gasteiger charge is -2.38. The largest absolute Gasteiger partial charge is 0.769 e. The topological polar surface area (TPSA) is 119 Å². The summed E-state index contributed by atoms with van der Waals surface area (Å²) in [6, 6.07) is 3.15. The lowest BCUT2D eigenvalue weighted by molar-refractivity contribution is -0.00589. The fraction of sp³-hybridized carbons (Fsp3) is 0.476. The molecule has 0 radical (unpaired) electrons. The molecule has 0 bridgehead atoms. The highest BCUT2D eigenvalue weighted by Crippen LogP contribution is 2.49. The van der Waals surface area contributed by atoms with Crippen molar-refractivity contribution in [2.45, 2.75) is 52.6 Å². The van der Waals surface area contributed by atoms with Crippen molar-refractivity contribution in [1.29, 1.82) is 0 Å². The highest BCUT2D eigenvalue weighted by atomic mass is 16.8. The number of allylic oxidation sites excluding steroid dienone is 2. The summed E-state index contributed by atoms with van der Waals surface area (Å²) < 4.78 is 5.79. The van der Waals surface area contributed by atoms with Crippen LogP contribution in [-0.2, 0) is 4.74 Å². The third-order valence-electron chi connectivity index (χ3n) is 6.06. The van der Waals surface area contributed by atoms with Gasteiger partial charge in [-0.25, -0.2) is 4.79 Å². The molecular weight excluding hydrogens is 376 g/mol. The van der Waals surface area contributed by atoms with Gasteiger partial charge in [-0.2, -0.15) is 0 Å². The number of rotatable bonds is 4. The van der Waals surface area contributed by atoms with Crippen molar-refractivity contribution in [3.05, 3.63) is 57.5 Å². The highest BCUT2D eigenvalue weighted by Gasteiger charge is 2.42. The fourth-order valence-corrected chi connectivity index (χ4v) is 4.31. The van der Waals surface area contributed by atoms with Crippen LogP contribution in [0.5, 0.6) is 0 Å². The molecule has 1 aromatic carbocycles. The van der Waals surface area contributed by atoms with E-state index in [-0.39, 0.29) is 21.9 Å². The SMILES string of the molecule is C=C1C[C@H](OC(=O)c2cc(N([O-])[O-])cc(N(O)O)c2)C(C)(C)CC2=C(C)CC[C@@H]12. The second-order valence-corrected chi connectivity index (χ2v) is 8.60. The Balaban J connectivity index is 1.88. The Labute approximate surface area is 169 Å². The number of hydrogen-bond acceptors (Lipinski definition) is 8. The Bertz CT molecular complexity index is 832. The molecule has 29 heavy (non-hydrogen) atoms. The van der Waals surface area contributed by atoms with Crippen molar-refractivity contribution in [3.63, 3.8) is 0 Å². The number of nitrogens with zero attached hydrogens (tertiary/aromatic N) is 2. The van der Waals surface area contributed by atoms with Crippen LogP contribution in [0.2, 0.25) is 0 Å². The van der Waals surface area contributed by atoms with Gasteiger partial charge in [-0.3, -0.25) is 10.4 Å². The summed E-state index contributed by atoms with van der Waals surface area (Å²) in [5.41, 5.74) is 2.60. The zero-order valence-corrected chi connectivity index (χ0v) is 16.8. The van der Waals surface area contributed by atoms with E-state index in [4.69, 9.17) is 4.74 Å². The van der Waals surface area contributed by atoms with Crippen LogP contribution in [0.3, 0.4) is 0 Å². The van der Waals surface area contributed by atoms with Gasteiger partial charge in [-0.05, 0) is 44.4 Å². The summed E-state index contributed by atoms with van der Waals surface area (Å²) in [6.07, 6.45) is 2.97. The molecule has 158 valence electrons. The third-order valence-corrected chi connectivity index (χ3v) is 6.06. The van der Waals surface area contributed by atoms with Crippen molar-refractivity contribution < 1.29 is 19.9 Å². The molecule has 0 heterocycles. The molecular formula is C21H26N2O6-2. The molecule has 0 saturated heterocycles. The molecule has 1 aromatic rings. The van der Waals surface area contributed by atoms with E-state index >= 15 is 0 Å². The molecule has 1 fully saturated rings. The minimum Gasteiger partial charge on any atom is -0.769 e. The average molecular weight is 402 g/mol. The van der Waals surface area contributed by atoms with Crippen molar-refractivity contribution >= 4 is 17.3 Å².